The van der Waals surface area contributed by atoms with E-state index in [2.05, 4.69) is 39.0 Å². The molecule has 3 saturated carbocycles. The molecule has 0 spiro atoms. The van der Waals surface area contributed by atoms with Crippen molar-refractivity contribution in [2.75, 3.05) is 20.3 Å². The zero-order valence-electron chi connectivity index (χ0n) is 48.6. The Morgan fingerprint density at radius 1 is 0.359 bits per heavy atom. The van der Waals surface area contributed by atoms with Gasteiger partial charge in [0, 0.05) is 16.7 Å². The first-order chi connectivity index (χ1) is 37.9. The number of benzene rings is 3. The maximum Gasteiger partial charge on any atom is 0.201 e. The van der Waals surface area contributed by atoms with E-state index in [9.17, 15) is 26.3 Å². The summed E-state index contributed by atoms with van der Waals surface area (Å²) in [7, 11) is 1.36. The highest BCUT2D eigenvalue weighted by Crippen LogP contribution is 2.46. The molecular weight excluding hydrogens is 991 g/mol. The van der Waals surface area contributed by atoms with Gasteiger partial charge in [-0.3, -0.25) is 0 Å². The molecule has 0 aliphatic heterocycles. The van der Waals surface area contributed by atoms with Crippen molar-refractivity contribution in [2.45, 2.75) is 214 Å². The Morgan fingerprint density at radius 2 is 0.679 bits per heavy atom. The van der Waals surface area contributed by atoms with Crippen LogP contribution < -0.4 is 14.2 Å². The smallest absolute Gasteiger partial charge is 0.201 e. The van der Waals surface area contributed by atoms with Crippen LogP contribution >= 0.6 is 0 Å². The Labute approximate surface area is 466 Å². The van der Waals surface area contributed by atoms with Gasteiger partial charge in [0.2, 0.25) is 17.5 Å². The summed E-state index contributed by atoms with van der Waals surface area (Å²) in [4.78, 5) is 0. The number of rotatable bonds is 18. The summed E-state index contributed by atoms with van der Waals surface area (Å²) < 4.78 is 101. The van der Waals surface area contributed by atoms with Gasteiger partial charge in [-0.2, -0.15) is 13.2 Å². The number of halogens is 6. The van der Waals surface area contributed by atoms with Gasteiger partial charge >= 0.3 is 0 Å². The first-order valence-corrected chi connectivity index (χ1v) is 31.2. The van der Waals surface area contributed by atoms with Gasteiger partial charge in [-0.05, 0) is 216 Å². The molecule has 3 aromatic rings. The Bertz CT molecular complexity index is 2420. The third-order valence-electron chi connectivity index (χ3n) is 19.3. The lowest BCUT2D eigenvalue weighted by Gasteiger charge is -2.35. The van der Waals surface area contributed by atoms with Crippen molar-refractivity contribution >= 4 is 16.7 Å². The maximum atomic E-state index is 14.5. The lowest BCUT2D eigenvalue weighted by atomic mass is 9.70. The average Bonchev–Trinajstić information content (AvgIpc) is 3.47. The van der Waals surface area contributed by atoms with Gasteiger partial charge in [-0.1, -0.05) is 123 Å². The monoisotopic (exact) mass is 1090 g/mol. The zero-order valence-corrected chi connectivity index (χ0v) is 48.6. The van der Waals surface area contributed by atoms with Gasteiger partial charge in [0.05, 0.1) is 20.3 Å². The fourth-order valence-corrected chi connectivity index (χ4v) is 14.7. The lowest BCUT2D eigenvalue weighted by Crippen LogP contribution is -2.23. The lowest BCUT2D eigenvalue weighted by molar-refractivity contribution is 0.189. The molecule has 0 saturated heterocycles. The predicted octanol–water partition coefficient (Wildman–Crippen LogP) is 21.5. The van der Waals surface area contributed by atoms with E-state index in [0.29, 0.717) is 29.9 Å². The molecule has 0 heterocycles. The molecule has 3 aromatic carbocycles. The van der Waals surface area contributed by atoms with Crippen molar-refractivity contribution in [2.24, 2.45) is 53.3 Å². The average molecular weight is 1090 g/mol. The standard InChI is InChI=1S/C24H34F2O.C23H32F2O.C22H30F2O/c1-3-5-17-6-8-18(9-7-17)19-10-12-20(13-11-19)21-14-15-22(27-16-4-2)24(26)23(21)25;1-3-5-16-6-8-17(9-7-16)18-10-12-19(13-11-18)20-14-15-21(26-4-2)23(25)22(20)24;1-3-4-15-5-7-16(8-6-15)17-9-11-18(12-10-17)19-13-14-20(25-2)22(24)21(19)23/h12,14-15,17-19H,3-11,13,16H2,1-2H3;12,14-18H,3-11,13H2,1-2H3;11,13-17H,3-10,12H2,1-2H3. The minimum Gasteiger partial charge on any atom is -0.494 e. The molecule has 9 heteroatoms. The molecule has 9 rings (SSSR count). The first-order valence-electron chi connectivity index (χ1n) is 31.2. The molecule has 0 N–H and O–H groups in total. The minimum absolute atomic E-state index is 0.00637. The van der Waals surface area contributed by atoms with Crippen molar-refractivity contribution in [3.8, 4) is 17.2 Å². The summed E-state index contributed by atoms with van der Waals surface area (Å²) in [5, 5.41) is 0. The van der Waals surface area contributed by atoms with E-state index in [1.807, 2.05) is 6.92 Å². The minimum atomic E-state index is -0.878. The topological polar surface area (TPSA) is 27.7 Å². The van der Waals surface area contributed by atoms with E-state index in [0.717, 1.165) is 134 Å². The van der Waals surface area contributed by atoms with Crippen LogP contribution in [0.1, 0.15) is 231 Å². The van der Waals surface area contributed by atoms with E-state index < -0.39 is 34.9 Å². The van der Waals surface area contributed by atoms with Gasteiger partial charge in [0.1, 0.15) is 0 Å². The molecule has 6 aliphatic carbocycles. The molecule has 3 fully saturated rings. The highest BCUT2D eigenvalue weighted by molar-refractivity contribution is 5.69. The summed E-state index contributed by atoms with van der Waals surface area (Å²) in [6.07, 6.45) is 40.5. The normalized spacial score (nSPS) is 26.5. The summed E-state index contributed by atoms with van der Waals surface area (Å²) in [5.41, 5.74) is 4.11. The van der Waals surface area contributed by atoms with Crippen LogP contribution in [0.3, 0.4) is 0 Å². The predicted molar refractivity (Wildman–Crippen MR) is 310 cm³/mol. The number of allylic oxidation sites excluding steroid dienone is 6. The van der Waals surface area contributed by atoms with Crippen molar-refractivity contribution in [1.82, 2.24) is 0 Å². The van der Waals surface area contributed by atoms with Crippen LogP contribution in [0.15, 0.2) is 54.6 Å². The van der Waals surface area contributed by atoms with Gasteiger partial charge in [0.15, 0.2) is 34.7 Å². The third kappa shape index (κ3) is 16.3. The molecule has 0 aromatic heterocycles. The zero-order chi connectivity index (χ0) is 55.6. The van der Waals surface area contributed by atoms with Crippen molar-refractivity contribution in [3.63, 3.8) is 0 Å². The molecule has 0 bridgehead atoms. The van der Waals surface area contributed by atoms with E-state index in [4.69, 9.17) is 14.2 Å². The second-order valence-corrected chi connectivity index (χ2v) is 24.2. The second kappa shape index (κ2) is 31.2. The van der Waals surface area contributed by atoms with Gasteiger partial charge in [-0.25, -0.2) is 13.2 Å². The fourth-order valence-electron chi connectivity index (χ4n) is 14.7. The number of hydrogen-bond donors (Lipinski definition) is 0. The van der Waals surface area contributed by atoms with Crippen LogP contribution in [0.25, 0.3) is 16.7 Å². The van der Waals surface area contributed by atoms with Gasteiger partial charge in [0.25, 0.3) is 0 Å². The summed E-state index contributed by atoms with van der Waals surface area (Å²) in [6, 6.07) is 9.66. The molecule has 432 valence electrons. The van der Waals surface area contributed by atoms with Gasteiger partial charge < -0.3 is 14.2 Å². The van der Waals surface area contributed by atoms with Crippen LogP contribution in [0.2, 0.25) is 0 Å². The second-order valence-electron chi connectivity index (χ2n) is 24.2. The molecule has 0 radical (unpaired) electrons. The Balaban J connectivity index is 0.000000170. The summed E-state index contributed by atoms with van der Waals surface area (Å²) in [5.74, 6) is 2.56. The van der Waals surface area contributed by atoms with E-state index >= 15 is 0 Å². The molecule has 3 nitrogen and oxygen atoms in total. The van der Waals surface area contributed by atoms with E-state index in [1.165, 1.54) is 129 Å². The SMILES string of the molecule is CCCC1CCC(C2CC=C(c3ccc(OC)c(F)c3F)CC2)CC1.CCCC1CCC(C2CC=C(c3ccc(OCC)c(F)c3F)CC2)CC1.CCCOc1ccc(C2=CCC(C3CCC(CCC)CC3)CC2)c(F)c1F. The highest BCUT2D eigenvalue weighted by atomic mass is 19.2. The fraction of sp³-hybridized carbons (Fsp3) is 0.652. The Morgan fingerprint density at radius 3 is 0.962 bits per heavy atom. The van der Waals surface area contributed by atoms with Crippen molar-refractivity contribution in [1.29, 1.82) is 0 Å². The summed E-state index contributed by atoms with van der Waals surface area (Å²) in [6.45, 7) is 11.3. The van der Waals surface area contributed by atoms with Gasteiger partial charge in [-0.15, -0.1) is 0 Å². The molecule has 3 unspecified atom stereocenters. The number of ether oxygens (including phenoxy) is 3. The third-order valence-corrected chi connectivity index (χ3v) is 19.3. The van der Waals surface area contributed by atoms with E-state index in [-0.39, 0.29) is 17.2 Å². The van der Waals surface area contributed by atoms with Crippen LogP contribution in [0.4, 0.5) is 26.3 Å². The molecule has 0 amide bonds. The van der Waals surface area contributed by atoms with Crippen LogP contribution in [0.5, 0.6) is 17.2 Å². The largest absolute Gasteiger partial charge is 0.494 e. The molecular formula is C69H96F6O3. The molecule has 6 aliphatic rings. The number of hydrogen-bond acceptors (Lipinski definition) is 3. The van der Waals surface area contributed by atoms with Crippen LogP contribution in [0, 0.1) is 88.2 Å². The first kappa shape index (κ1) is 61.5. The highest BCUT2D eigenvalue weighted by Gasteiger charge is 2.33. The quantitative estimate of drug-likeness (QED) is 0.119. The number of methoxy groups -OCH3 is 1. The van der Waals surface area contributed by atoms with Crippen molar-refractivity contribution in [3.05, 3.63) is 106 Å². The Hall–Kier alpha value is -4.14. The van der Waals surface area contributed by atoms with Crippen molar-refractivity contribution < 1.29 is 40.6 Å². The summed E-state index contributed by atoms with van der Waals surface area (Å²) >= 11 is 0. The van der Waals surface area contributed by atoms with Crippen LogP contribution in [-0.2, 0) is 0 Å². The Kier molecular flexibility index (Phi) is 24.6. The maximum absolute atomic E-state index is 14.5. The van der Waals surface area contributed by atoms with Crippen LogP contribution in [-0.4, -0.2) is 20.3 Å². The van der Waals surface area contributed by atoms with E-state index in [1.54, 1.807) is 37.3 Å². The molecule has 78 heavy (non-hydrogen) atoms. The molecule has 3 atom stereocenters.